The Balaban J connectivity index is 1.71. The molecule has 4 rings (SSSR count). The van der Waals surface area contributed by atoms with Crippen LogP contribution in [0.4, 0.5) is 0 Å². The molecule has 2 aromatic carbocycles. The number of rotatable bonds is 5. The van der Waals surface area contributed by atoms with E-state index in [1.807, 2.05) is 49.4 Å². The van der Waals surface area contributed by atoms with Crippen molar-refractivity contribution in [2.24, 2.45) is 0 Å². The summed E-state index contributed by atoms with van der Waals surface area (Å²) in [6, 6.07) is 10.0. The summed E-state index contributed by atoms with van der Waals surface area (Å²) in [5, 5.41) is 0. The number of carbonyl (C=O) groups excluding carboxylic acids is 1. The molecule has 29 heavy (non-hydrogen) atoms. The van der Waals surface area contributed by atoms with Crippen LogP contribution in [0.15, 0.2) is 48.1 Å². The van der Waals surface area contributed by atoms with Gasteiger partial charge in [0, 0.05) is 18.7 Å². The van der Waals surface area contributed by atoms with E-state index in [0.29, 0.717) is 29.4 Å². The number of likely N-dealkylation sites (N-methyl/N-ethyl adjacent to an activating group) is 1. The van der Waals surface area contributed by atoms with Gasteiger partial charge in [0.15, 0.2) is 17.3 Å². The molecule has 150 valence electrons. The summed E-state index contributed by atoms with van der Waals surface area (Å²) in [7, 11) is 3.69. The Morgan fingerprint density at radius 3 is 2.62 bits per heavy atom. The van der Waals surface area contributed by atoms with Gasteiger partial charge in [-0.2, -0.15) is 0 Å². The first-order chi connectivity index (χ1) is 14.1. The normalized spacial score (nSPS) is 16.2. The standard InChI is InChI=1S/C24H25NO4/c1-16(13-17-7-5-4-6-8-17)9-10-20(26)21-18-11-12-25(2)14-19(18)22(27-3)24-23(21)28-15-29-24/h4-10,13H,11-12,14-15H2,1-3H3/b10-9+,16-13+. The zero-order chi connectivity index (χ0) is 20.4. The van der Waals surface area contributed by atoms with Crippen molar-refractivity contribution >= 4 is 11.9 Å². The van der Waals surface area contributed by atoms with Crippen molar-refractivity contribution in [3.8, 4) is 17.2 Å². The van der Waals surface area contributed by atoms with Crippen molar-refractivity contribution < 1.29 is 19.0 Å². The summed E-state index contributed by atoms with van der Waals surface area (Å²) in [6.45, 7) is 3.68. The van der Waals surface area contributed by atoms with Crippen LogP contribution < -0.4 is 14.2 Å². The maximum Gasteiger partial charge on any atom is 0.231 e. The van der Waals surface area contributed by atoms with E-state index in [1.165, 1.54) is 0 Å². The highest BCUT2D eigenvalue weighted by Crippen LogP contribution is 2.49. The Labute approximate surface area is 171 Å². The van der Waals surface area contributed by atoms with Crippen LogP contribution in [0, 0.1) is 0 Å². The predicted molar refractivity (Wildman–Crippen MR) is 113 cm³/mol. The molecule has 2 aliphatic heterocycles. The van der Waals surface area contributed by atoms with Crippen LogP contribution in [0.25, 0.3) is 6.08 Å². The summed E-state index contributed by atoms with van der Waals surface area (Å²) in [5.74, 6) is 1.65. The number of hydrogen-bond donors (Lipinski definition) is 0. The van der Waals surface area contributed by atoms with Gasteiger partial charge in [0.05, 0.1) is 12.7 Å². The van der Waals surface area contributed by atoms with Crippen molar-refractivity contribution in [2.75, 3.05) is 27.5 Å². The van der Waals surface area contributed by atoms with Crippen LogP contribution >= 0.6 is 0 Å². The zero-order valence-electron chi connectivity index (χ0n) is 17.0. The summed E-state index contributed by atoms with van der Waals surface area (Å²) in [6.07, 6.45) is 6.29. The van der Waals surface area contributed by atoms with Gasteiger partial charge in [0.2, 0.25) is 12.5 Å². The lowest BCUT2D eigenvalue weighted by atomic mass is 9.90. The number of benzene rings is 2. The first-order valence-electron chi connectivity index (χ1n) is 9.74. The molecule has 0 unspecified atom stereocenters. The molecule has 0 radical (unpaired) electrons. The van der Waals surface area contributed by atoms with E-state index < -0.39 is 0 Å². The van der Waals surface area contributed by atoms with Gasteiger partial charge in [0.25, 0.3) is 0 Å². The van der Waals surface area contributed by atoms with Crippen LogP contribution in [0.3, 0.4) is 0 Å². The lowest BCUT2D eigenvalue weighted by Gasteiger charge is -2.28. The van der Waals surface area contributed by atoms with Gasteiger partial charge in [-0.05, 0) is 37.6 Å². The molecule has 0 bridgehead atoms. The van der Waals surface area contributed by atoms with E-state index in [4.69, 9.17) is 14.2 Å². The lowest BCUT2D eigenvalue weighted by molar-refractivity contribution is 0.104. The Morgan fingerprint density at radius 2 is 1.86 bits per heavy atom. The molecule has 0 saturated heterocycles. The smallest absolute Gasteiger partial charge is 0.231 e. The SMILES string of the molecule is COc1c2c(c(C(=O)/C=C/C(C)=C/c3ccccc3)c3c1OCO3)CCN(C)C2. The molecule has 0 spiro atoms. The second-order valence-corrected chi connectivity index (χ2v) is 7.41. The number of hydrogen-bond acceptors (Lipinski definition) is 5. The van der Waals surface area contributed by atoms with Gasteiger partial charge >= 0.3 is 0 Å². The lowest BCUT2D eigenvalue weighted by Crippen LogP contribution is -2.28. The molecule has 0 saturated carbocycles. The van der Waals surface area contributed by atoms with Gasteiger partial charge in [-0.1, -0.05) is 48.1 Å². The van der Waals surface area contributed by atoms with E-state index in [-0.39, 0.29) is 12.6 Å². The average molecular weight is 391 g/mol. The molecule has 5 nitrogen and oxygen atoms in total. The highest BCUT2D eigenvalue weighted by molar-refractivity contribution is 6.09. The third kappa shape index (κ3) is 3.78. The van der Waals surface area contributed by atoms with Gasteiger partial charge in [0.1, 0.15) is 0 Å². The molecular formula is C24H25NO4. The number of ketones is 1. The molecule has 0 amide bonds. The number of fused-ring (bicyclic) bond motifs is 2. The van der Waals surface area contributed by atoms with Gasteiger partial charge in [-0.25, -0.2) is 0 Å². The first-order valence-corrected chi connectivity index (χ1v) is 9.74. The Kier molecular flexibility index (Phi) is 5.41. The van der Waals surface area contributed by atoms with Crippen molar-refractivity contribution in [2.45, 2.75) is 19.9 Å². The minimum Gasteiger partial charge on any atom is -0.492 e. The zero-order valence-corrected chi connectivity index (χ0v) is 17.0. The van der Waals surface area contributed by atoms with Crippen LogP contribution in [0.2, 0.25) is 0 Å². The van der Waals surface area contributed by atoms with Crippen molar-refractivity contribution in [1.29, 1.82) is 0 Å². The quantitative estimate of drug-likeness (QED) is 0.433. The van der Waals surface area contributed by atoms with E-state index in [9.17, 15) is 4.79 Å². The first kappa shape index (κ1) is 19.3. The molecule has 0 fully saturated rings. The summed E-state index contributed by atoms with van der Waals surface area (Å²) < 4.78 is 17.0. The topological polar surface area (TPSA) is 48.0 Å². The maximum atomic E-state index is 13.2. The Morgan fingerprint density at radius 1 is 1.10 bits per heavy atom. The molecule has 0 aromatic heterocycles. The van der Waals surface area contributed by atoms with Crippen LogP contribution in [-0.4, -0.2) is 38.2 Å². The molecule has 0 N–H and O–H groups in total. The molecule has 0 atom stereocenters. The summed E-state index contributed by atoms with van der Waals surface area (Å²) in [5.41, 5.74) is 4.72. The van der Waals surface area contributed by atoms with E-state index in [2.05, 4.69) is 11.9 Å². The minimum atomic E-state index is -0.0731. The largest absolute Gasteiger partial charge is 0.492 e. The van der Waals surface area contributed by atoms with Crippen LogP contribution in [0.5, 0.6) is 17.2 Å². The minimum absolute atomic E-state index is 0.0731. The predicted octanol–water partition coefficient (Wildman–Crippen LogP) is 4.25. The molecule has 0 aliphatic carbocycles. The Hall–Kier alpha value is -3.05. The summed E-state index contributed by atoms with van der Waals surface area (Å²) in [4.78, 5) is 15.4. The van der Waals surface area contributed by atoms with Crippen LogP contribution in [-0.2, 0) is 13.0 Å². The van der Waals surface area contributed by atoms with Crippen molar-refractivity contribution in [3.63, 3.8) is 0 Å². The molecular weight excluding hydrogens is 366 g/mol. The molecule has 2 aromatic rings. The highest BCUT2D eigenvalue weighted by atomic mass is 16.7. The van der Waals surface area contributed by atoms with Gasteiger partial charge < -0.3 is 19.1 Å². The fourth-order valence-electron chi connectivity index (χ4n) is 3.92. The second kappa shape index (κ2) is 8.13. The van der Waals surface area contributed by atoms with Gasteiger partial charge in [-0.3, -0.25) is 4.79 Å². The van der Waals surface area contributed by atoms with Crippen molar-refractivity contribution in [1.82, 2.24) is 4.90 Å². The monoisotopic (exact) mass is 391 g/mol. The van der Waals surface area contributed by atoms with Gasteiger partial charge in [-0.15, -0.1) is 0 Å². The third-order valence-corrected chi connectivity index (χ3v) is 5.30. The maximum absolute atomic E-state index is 13.2. The number of nitrogens with zero attached hydrogens (tertiary/aromatic N) is 1. The Bertz CT molecular complexity index is 992. The van der Waals surface area contributed by atoms with E-state index >= 15 is 0 Å². The van der Waals surface area contributed by atoms with E-state index in [1.54, 1.807) is 13.2 Å². The van der Waals surface area contributed by atoms with Crippen LogP contribution in [0.1, 0.15) is 34.0 Å². The van der Waals surface area contributed by atoms with Crippen molar-refractivity contribution in [3.05, 3.63) is 70.3 Å². The average Bonchev–Trinajstić information content (AvgIpc) is 3.20. The fourth-order valence-corrected chi connectivity index (χ4v) is 3.92. The second-order valence-electron chi connectivity index (χ2n) is 7.41. The third-order valence-electron chi connectivity index (χ3n) is 5.30. The number of allylic oxidation sites excluding steroid dienone is 3. The molecule has 2 heterocycles. The molecule has 5 heteroatoms. The summed E-state index contributed by atoms with van der Waals surface area (Å²) >= 11 is 0. The number of methoxy groups -OCH3 is 1. The molecule has 2 aliphatic rings. The fraction of sp³-hybridized carbons (Fsp3) is 0.292. The van der Waals surface area contributed by atoms with E-state index in [0.717, 1.165) is 35.2 Å². The number of ether oxygens (including phenoxy) is 3. The highest BCUT2D eigenvalue weighted by Gasteiger charge is 2.34. The number of carbonyl (C=O) groups is 1.